The second-order valence-corrected chi connectivity index (χ2v) is 5.07. The molecule has 0 radical (unpaired) electrons. The summed E-state index contributed by atoms with van der Waals surface area (Å²) in [5, 5.41) is 3.30. The molecule has 22 heavy (non-hydrogen) atoms. The lowest BCUT2D eigenvalue weighted by atomic mass is 10.1. The number of benzene rings is 1. The Balaban J connectivity index is 2.05. The van der Waals surface area contributed by atoms with Crippen molar-refractivity contribution in [3.63, 3.8) is 0 Å². The van der Waals surface area contributed by atoms with Gasteiger partial charge in [-0.2, -0.15) is 4.98 Å². The van der Waals surface area contributed by atoms with Crippen LogP contribution in [0.4, 0.5) is 11.5 Å². The summed E-state index contributed by atoms with van der Waals surface area (Å²) in [4.78, 5) is 8.82. The lowest BCUT2D eigenvalue weighted by molar-refractivity contribution is 0.305. The lowest BCUT2D eigenvalue weighted by Crippen LogP contribution is -2.13. The van der Waals surface area contributed by atoms with E-state index in [0.717, 1.165) is 31.6 Å². The molecular weight excluding hydrogens is 276 g/mol. The van der Waals surface area contributed by atoms with E-state index < -0.39 is 0 Å². The Morgan fingerprint density at radius 3 is 2.59 bits per heavy atom. The maximum absolute atomic E-state index is 6.11. The summed E-state index contributed by atoms with van der Waals surface area (Å²) in [7, 11) is 0. The Bertz CT molecular complexity index is 587. The zero-order valence-electron chi connectivity index (χ0n) is 13.3. The van der Waals surface area contributed by atoms with Crippen LogP contribution in [0.3, 0.4) is 0 Å². The molecule has 0 amide bonds. The Kier molecular flexibility index (Phi) is 6.01. The summed E-state index contributed by atoms with van der Waals surface area (Å²) in [5.41, 5.74) is 7.88. The van der Waals surface area contributed by atoms with Gasteiger partial charge in [-0.15, -0.1) is 0 Å². The molecule has 0 saturated carbocycles. The molecule has 0 aliphatic carbocycles. The van der Waals surface area contributed by atoms with E-state index >= 15 is 0 Å². The van der Waals surface area contributed by atoms with Crippen molar-refractivity contribution in [1.82, 2.24) is 9.97 Å². The number of nitrogens with zero attached hydrogens (tertiary/aromatic N) is 2. The SMILES string of the molecule is CCCOc1nc(CC)nc(NCCc2ccccc2)c1N. The summed E-state index contributed by atoms with van der Waals surface area (Å²) < 4.78 is 5.62. The third-order valence-corrected chi connectivity index (χ3v) is 3.27. The minimum Gasteiger partial charge on any atom is -0.476 e. The maximum atomic E-state index is 6.11. The highest BCUT2D eigenvalue weighted by Crippen LogP contribution is 2.26. The molecule has 0 fully saturated rings. The molecule has 5 heteroatoms. The van der Waals surface area contributed by atoms with Gasteiger partial charge in [-0.25, -0.2) is 4.98 Å². The number of hydrogen-bond acceptors (Lipinski definition) is 5. The fraction of sp³-hybridized carbons (Fsp3) is 0.412. The molecule has 2 aromatic rings. The van der Waals surface area contributed by atoms with Crippen LogP contribution in [0.15, 0.2) is 30.3 Å². The molecule has 0 bridgehead atoms. The smallest absolute Gasteiger partial charge is 0.242 e. The van der Waals surface area contributed by atoms with Crippen molar-refractivity contribution in [1.29, 1.82) is 0 Å². The molecule has 2 rings (SSSR count). The minimum absolute atomic E-state index is 0.482. The first-order chi connectivity index (χ1) is 10.7. The summed E-state index contributed by atoms with van der Waals surface area (Å²) in [5.74, 6) is 1.88. The van der Waals surface area contributed by atoms with E-state index in [1.54, 1.807) is 0 Å². The minimum atomic E-state index is 0.482. The fourth-order valence-corrected chi connectivity index (χ4v) is 2.06. The van der Waals surface area contributed by atoms with Crippen LogP contribution in [0, 0.1) is 0 Å². The summed E-state index contributed by atoms with van der Waals surface area (Å²) in [6.07, 6.45) is 2.58. The van der Waals surface area contributed by atoms with Crippen LogP contribution in [0.25, 0.3) is 0 Å². The molecule has 5 nitrogen and oxygen atoms in total. The van der Waals surface area contributed by atoms with Gasteiger partial charge in [0.25, 0.3) is 0 Å². The second-order valence-electron chi connectivity index (χ2n) is 5.07. The van der Waals surface area contributed by atoms with Gasteiger partial charge in [-0.05, 0) is 18.4 Å². The highest BCUT2D eigenvalue weighted by molar-refractivity contribution is 5.67. The van der Waals surface area contributed by atoms with Gasteiger partial charge in [0.2, 0.25) is 5.88 Å². The molecular formula is C17H24N4O. The molecule has 0 spiro atoms. The molecule has 0 aliphatic rings. The van der Waals surface area contributed by atoms with E-state index in [0.29, 0.717) is 24.0 Å². The molecule has 1 aromatic heterocycles. The highest BCUT2D eigenvalue weighted by atomic mass is 16.5. The van der Waals surface area contributed by atoms with Crippen molar-refractivity contribution < 1.29 is 4.74 Å². The first-order valence-electron chi connectivity index (χ1n) is 7.81. The average molecular weight is 300 g/mol. The van der Waals surface area contributed by atoms with Crippen LogP contribution >= 0.6 is 0 Å². The highest BCUT2D eigenvalue weighted by Gasteiger charge is 2.12. The van der Waals surface area contributed by atoms with E-state index in [2.05, 4.69) is 34.3 Å². The molecule has 0 unspecified atom stereocenters. The Morgan fingerprint density at radius 1 is 1.14 bits per heavy atom. The van der Waals surface area contributed by atoms with Gasteiger partial charge < -0.3 is 15.8 Å². The predicted octanol–water partition coefficient (Wildman–Crippen LogP) is 3.06. The van der Waals surface area contributed by atoms with E-state index in [1.807, 2.05) is 25.1 Å². The van der Waals surface area contributed by atoms with Gasteiger partial charge >= 0.3 is 0 Å². The number of hydrogen-bond donors (Lipinski definition) is 2. The van der Waals surface area contributed by atoms with Gasteiger partial charge in [-0.3, -0.25) is 0 Å². The van der Waals surface area contributed by atoms with Gasteiger partial charge in [0.05, 0.1) is 6.61 Å². The van der Waals surface area contributed by atoms with Crippen LogP contribution in [0.5, 0.6) is 5.88 Å². The largest absolute Gasteiger partial charge is 0.476 e. The first kappa shape index (κ1) is 16.1. The fourth-order valence-electron chi connectivity index (χ4n) is 2.06. The van der Waals surface area contributed by atoms with E-state index in [-0.39, 0.29) is 0 Å². The van der Waals surface area contributed by atoms with Crippen LogP contribution in [0.1, 0.15) is 31.7 Å². The standard InChI is InChI=1S/C17H24N4O/c1-3-12-22-17-15(18)16(20-14(4-2)21-17)19-11-10-13-8-6-5-7-9-13/h5-9H,3-4,10-12,18H2,1-2H3,(H,19,20,21). The molecule has 118 valence electrons. The summed E-state index contributed by atoms with van der Waals surface area (Å²) >= 11 is 0. The number of nitrogens with one attached hydrogen (secondary N) is 1. The molecule has 0 saturated heterocycles. The number of aryl methyl sites for hydroxylation is 1. The zero-order valence-corrected chi connectivity index (χ0v) is 13.3. The van der Waals surface area contributed by atoms with Crippen LogP contribution in [0.2, 0.25) is 0 Å². The predicted molar refractivity (Wildman–Crippen MR) is 90.2 cm³/mol. The number of nitrogens with two attached hydrogens (primary N) is 1. The van der Waals surface area contributed by atoms with Crippen molar-refractivity contribution in [2.24, 2.45) is 0 Å². The Hall–Kier alpha value is -2.30. The molecule has 1 aromatic carbocycles. The van der Waals surface area contributed by atoms with E-state index in [9.17, 15) is 0 Å². The van der Waals surface area contributed by atoms with Crippen molar-refractivity contribution in [2.75, 3.05) is 24.2 Å². The van der Waals surface area contributed by atoms with E-state index in [4.69, 9.17) is 10.5 Å². The molecule has 0 aliphatic heterocycles. The van der Waals surface area contributed by atoms with Gasteiger partial charge in [0.15, 0.2) is 5.82 Å². The lowest BCUT2D eigenvalue weighted by Gasteiger charge is -2.13. The third-order valence-electron chi connectivity index (χ3n) is 3.27. The molecule has 3 N–H and O–H groups in total. The molecule has 1 heterocycles. The number of ether oxygens (including phenoxy) is 1. The normalized spacial score (nSPS) is 10.5. The zero-order chi connectivity index (χ0) is 15.8. The number of aromatic nitrogens is 2. The number of rotatable bonds is 8. The van der Waals surface area contributed by atoms with Crippen molar-refractivity contribution in [3.8, 4) is 5.88 Å². The first-order valence-corrected chi connectivity index (χ1v) is 7.81. The summed E-state index contributed by atoms with van der Waals surface area (Å²) in [6, 6.07) is 10.3. The van der Waals surface area contributed by atoms with Crippen LogP contribution in [-0.2, 0) is 12.8 Å². The number of anilines is 2. The second kappa shape index (κ2) is 8.22. The van der Waals surface area contributed by atoms with Gasteiger partial charge in [-0.1, -0.05) is 44.2 Å². The van der Waals surface area contributed by atoms with Crippen molar-refractivity contribution >= 4 is 11.5 Å². The summed E-state index contributed by atoms with van der Waals surface area (Å²) in [6.45, 7) is 5.44. The van der Waals surface area contributed by atoms with Crippen LogP contribution < -0.4 is 15.8 Å². The molecule has 0 atom stereocenters. The van der Waals surface area contributed by atoms with Crippen LogP contribution in [-0.4, -0.2) is 23.1 Å². The van der Waals surface area contributed by atoms with Crippen molar-refractivity contribution in [3.05, 3.63) is 41.7 Å². The Morgan fingerprint density at radius 2 is 1.91 bits per heavy atom. The monoisotopic (exact) mass is 300 g/mol. The van der Waals surface area contributed by atoms with Crippen molar-refractivity contribution in [2.45, 2.75) is 33.1 Å². The number of nitrogen functional groups attached to an aromatic ring is 1. The van der Waals surface area contributed by atoms with Gasteiger partial charge in [0.1, 0.15) is 11.5 Å². The quantitative estimate of drug-likeness (QED) is 0.784. The average Bonchev–Trinajstić information content (AvgIpc) is 2.56. The van der Waals surface area contributed by atoms with Gasteiger partial charge in [0, 0.05) is 13.0 Å². The Labute approximate surface area is 131 Å². The third kappa shape index (κ3) is 4.35. The maximum Gasteiger partial charge on any atom is 0.242 e. The van der Waals surface area contributed by atoms with E-state index in [1.165, 1.54) is 5.56 Å². The topological polar surface area (TPSA) is 73.1 Å².